The van der Waals surface area contributed by atoms with Crippen molar-refractivity contribution in [1.29, 1.82) is 0 Å². The fraction of sp³-hybridized carbons (Fsp3) is 0.619. The predicted octanol–water partition coefficient (Wildman–Crippen LogP) is 3.25. The van der Waals surface area contributed by atoms with E-state index in [1.165, 1.54) is 30.4 Å². The van der Waals surface area contributed by atoms with Crippen molar-refractivity contribution in [1.82, 2.24) is 0 Å². The highest BCUT2D eigenvalue weighted by molar-refractivity contribution is 5.84. The van der Waals surface area contributed by atoms with Crippen molar-refractivity contribution in [3.05, 3.63) is 35.4 Å². The zero-order valence-electron chi connectivity index (χ0n) is 15.1. The fourth-order valence-corrected chi connectivity index (χ4v) is 6.09. The Balaban J connectivity index is 1.66. The molecule has 0 heterocycles. The van der Waals surface area contributed by atoms with Gasteiger partial charge in [-0.05, 0) is 75.2 Å². The topological polar surface area (TPSA) is 69.4 Å². The summed E-state index contributed by atoms with van der Waals surface area (Å²) in [4.78, 5) is 24.3. The Morgan fingerprint density at radius 1 is 1.12 bits per heavy atom. The summed E-state index contributed by atoms with van der Waals surface area (Å²) < 4.78 is 5.48. The number of rotatable bonds is 4. The number of amides is 1. The first kappa shape index (κ1) is 16.6. The summed E-state index contributed by atoms with van der Waals surface area (Å²) in [6, 6.07) is 8.84. The monoisotopic (exact) mass is 341 g/mol. The van der Waals surface area contributed by atoms with Gasteiger partial charge in [-0.15, -0.1) is 0 Å². The third kappa shape index (κ3) is 2.66. The van der Waals surface area contributed by atoms with E-state index in [2.05, 4.69) is 31.2 Å². The number of nitrogens with two attached hydrogens (primary N) is 1. The van der Waals surface area contributed by atoms with E-state index >= 15 is 0 Å². The molecule has 4 fully saturated rings. The van der Waals surface area contributed by atoms with Crippen LogP contribution in [0.1, 0.15) is 56.6 Å². The number of carbonyl (C=O) groups excluding carboxylic acids is 2. The number of benzene rings is 1. The summed E-state index contributed by atoms with van der Waals surface area (Å²) >= 11 is 0. The highest BCUT2D eigenvalue weighted by Crippen LogP contribution is 2.66. The number of esters is 1. The van der Waals surface area contributed by atoms with Gasteiger partial charge in [0.1, 0.15) is 0 Å². The van der Waals surface area contributed by atoms with Gasteiger partial charge in [0.2, 0.25) is 0 Å². The largest absolute Gasteiger partial charge is 0.452 e. The van der Waals surface area contributed by atoms with Crippen molar-refractivity contribution in [3.63, 3.8) is 0 Å². The quantitative estimate of drug-likeness (QED) is 0.855. The van der Waals surface area contributed by atoms with Crippen LogP contribution in [0.5, 0.6) is 0 Å². The van der Waals surface area contributed by atoms with E-state index in [1.54, 1.807) is 6.92 Å². The normalized spacial score (nSPS) is 36.9. The number of primary amides is 1. The van der Waals surface area contributed by atoms with Gasteiger partial charge in [0.05, 0.1) is 5.41 Å². The van der Waals surface area contributed by atoms with Crippen LogP contribution >= 0.6 is 0 Å². The molecule has 4 heteroatoms. The summed E-state index contributed by atoms with van der Waals surface area (Å²) in [6.07, 6.45) is 5.38. The second kappa shape index (κ2) is 5.58. The predicted molar refractivity (Wildman–Crippen MR) is 94.7 cm³/mol. The molecule has 4 aliphatic carbocycles. The van der Waals surface area contributed by atoms with Gasteiger partial charge in [0, 0.05) is 0 Å². The van der Waals surface area contributed by atoms with Crippen molar-refractivity contribution in [2.75, 3.05) is 0 Å². The molecule has 1 aromatic carbocycles. The summed E-state index contributed by atoms with van der Waals surface area (Å²) in [6.45, 7) is 3.67. The average Bonchev–Trinajstić information content (AvgIpc) is 2.53. The Kier molecular flexibility index (Phi) is 3.71. The van der Waals surface area contributed by atoms with Crippen LogP contribution in [0.2, 0.25) is 0 Å². The third-order valence-corrected chi connectivity index (χ3v) is 6.84. The van der Waals surface area contributed by atoms with Gasteiger partial charge in [-0.25, -0.2) is 0 Å². The number of carbonyl (C=O) groups is 2. The number of hydrogen-bond donors (Lipinski definition) is 1. The Labute approximate surface area is 149 Å². The molecule has 134 valence electrons. The smallest absolute Gasteiger partial charge is 0.312 e. The van der Waals surface area contributed by atoms with E-state index in [4.69, 9.17) is 10.5 Å². The maximum Gasteiger partial charge on any atom is 0.312 e. The van der Waals surface area contributed by atoms with Crippen LogP contribution < -0.4 is 5.73 Å². The molecule has 0 aromatic heterocycles. The van der Waals surface area contributed by atoms with Gasteiger partial charge in [-0.2, -0.15) is 0 Å². The molecule has 4 nitrogen and oxygen atoms in total. The molecule has 1 amide bonds. The Morgan fingerprint density at radius 3 is 2.28 bits per heavy atom. The van der Waals surface area contributed by atoms with Gasteiger partial charge >= 0.3 is 5.97 Å². The standard InChI is InChI=1S/C21H27NO3/c1-13-3-5-17(6-4-13)20-8-15-7-16(9-20)11-21(10-15,12-20)19(24)25-14(2)18(22)23/h3-6,14-16H,7-12H2,1-2H3,(H2,22,23)/t14-,15+,16+,20?,21?/m0/s1. The average molecular weight is 341 g/mol. The van der Waals surface area contributed by atoms with Gasteiger partial charge in [-0.1, -0.05) is 29.8 Å². The molecule has 0 radical (unpaired) electrons. The number of hydrogen-bond acceptors (Lipinski definition) is 3. The minimum atomic E-state index is -0.851. The molecule has 4 bridgehead atoms. The molecule has 25 heavy (non-hydrogen) atoms. The lowest BCUT2D eigenvalue weighted by Crippen LogP contribution is -2.57. The highest BCUT2D eigenvalue weighted by atomic mass is 16.5. The molecule has 0 spiro atoms. The fourth-order valence-electron chi connectivity index (χ4n) is 6.09. The minimum Gasteiger partial charge on any atom is -0.452 e. The van der Waals surface area contributed by atoms with E-state index < -0.39 is 17.4 Å². The van der Waals surface area contributed by atoms with Crippen LogP contribution in [-0.2, 0) is 19.7 Å². The zero-order chi connectivity index (χ0) is 17.8. The van der Waals surface area contributed by atoms with E-state index in [0.29, 0.717) is 11.8 Å². The van der Waals surface area contributed by atoms with Gasteiger partial charge in [0.25, 0.3) is 5.91 Å². The summed E-state index contributed by atoms with van der Waals surface area (Å²) in [7, 11) is 0. The molecule has 4 saturated carbocycles. The molecule has 2 N–H and O–H groups in total. The number of aryl methyl sites for hydroxylation is 1. The molecular formula is C21H27NO3. The highest BCUT2D eigenvalue weighted by Gasteiger charge is 2.61. The van der Waals surface area contributed by atoms with E-state index in [-0.39, 0.29) is 11.4 Å². The zero-order valence-corrected chi connectivity index (χ0v) is 15.1. The Morgan fingerprint density at radius 2 is 1.72 bits per heavy atom. The lowest BCUT2D eigenvalue weighted by atomic mass is 9.43. The van der Waals surface area contributed by atoms with Crippen molar-refractivity contribution in [2.24, 2.45) is 23.0 Å². The third-order valence-electron chi connectivity index (χ3n) is 6.84. The van der Waals surface area contributed by atoms with Gasteiger partial charge in [-0.3, -0.25) is 9.59 Å². The summed E-state index contributed by atoms with van der Waals surface area (Å²) in [5, 5.41) is 0. The SMILES string of the molecule is Cc1ccc(C23C[C@H]4C[C@@H](CC(C(=O)O[C@@H](C)C(N)=O)(C4)C2)C3)cc1. The molecule has 5 rings (SSSR count). The lowest BCUT2D eigenvalue weighted by molar-refractivity contribution is -0.180. The summed E-state index contributed by atoms with van der Waals surface area (Å²) in [5.41, 5.74) is 7.58. The van der Waals surface area contributed by atoms with E-state index in [9.17, 15) is 9.59 Å². The molecule has 1 aromatic rings. The second-order valence-corrected chi connectivity index (χ2v) is 8.84. The van der Waals surface area contributed by atoms with Crippen molar-refractivity contribution < 1.29 is 14.3 Å². The van der Waals surface area contributed by atoms with Crippen LogP contribution in [0.3, 0.4) is 0 Å². The van der Waals surface area contributed by atoms with Crippen LogP contribution in [-0.4, -0.2) is 18.0 Å². The van der Waals surface area contributed by atoms with Crippen LogP contribution in [0.4, 0.5) is 0 Å². The molecule has 3 atom stereocenters. The van der Waals surface area contributed by atoms with Gasteiger partial charge < -0.3 is 10.5 Å². The molecule has 0 unspecified atom stereocenters. The van der Waals surface area contributed by atoms with Crippen LogP contribution in [0, 0.1) is 24.2 Å². The molecule has 4 aliphatic rings. The van der Waals surface area contributed by atoms with Crippen molar-refractivity contribution in [3.8, 4) is 0 Å². The first-order valence-electron chi connectivity index (χ1n) is 9.39. The first-order chi connectivity index (χ1) is 11.8. The van der Waals surface area contributed by atoms with Crippen LogP contribution in [0.25, 0.3) is 0 Å². The first-order valence-corrected chi connectivity index (χ1v) is 9.39. The molecule has 0 aliphatic heterocycles. The second-order valence-electron chi connectivity index (χ2n) is 8.84. The van der Waals surface area contributed by atoms with Gasteiger partial charge in [0.15, 0.2) is 6.10 Å². The molecule has 0 saturated heterocycles. The Hall–Kier alpha value is -1.84. The van der Waals surface area contributed by atoms with Crippen LogP contribution in [0.15, 0.2) is 24.3 Å². The van der Waals surface area contributed by atoms with Crippen molar-refractivity contribution in [2.45, 2.75) is 63.9 Å². The van der Waals surface area contributed by atoms with E-state index in [0.717, 1.165) is 19.3 Å². The summed E-state index contributed by atoms with van der Waals surface area (Å²) in [5.74, 6) is 0.383. The maximum absolute atomic E-state index is 13.0. The maximum atomic E-state index is 13.0. The number of ether oxygens (including phenoxy) is 1. The molecular weight excluding hydrogens is 314 g/mol. The van der Waals surface area contributed by atoms with Crippen molar-refractivity contribution >= 4 is 11.9 Å². The minimum absolute atomic E-state index is 0.0900. The Bertz CT molecular complexity index is 694. The lowest BCUT2D eigenvalue weighted by Gasteiger charge is -2.61. The van der Waals surface area contributed by atoms with E-state index in [1.807, 2.05) is 0 Å².